The van der Waals surface area contributed by atoms with Crippen LogP contribution in [0.5, 0.6) is 0 Å². The van der Waals surface area contributed by atoms with Gasteiger partial charge in [0.1, 0.15) is 0 Å². The fourth-order valence-electron chi connectivity index (χ4n) is 1.39. The molecule has 0 aliphatic carbocycles. The maximum Gasteiger partial charge on any atom is 0.230 e. The van der Waals surface area contributed by atoms with E-state index in [2.05, 4.69) is 17.8 Å². The summed E-state index contributed by atoms with van der Waals surface area (Å²) < 4.78 is 0. The fourth-order valence-corrected chi connectivity index (χ4v) is 1.65. The Morgan fingerprint density at radius 3 is 2.80 bits per heavy atom. The van der Waals surface area contributed by atoms with Gasteiger partial charge < -0.3 is 0 Å². The van der Waals surface area contributed by atoms with E-state index in [0.717, 1.165) is 17.0 Å². The molecule has 0 fully saturated rings. The lowest BCUT2D eigenvalue weighted by molar-refractivity contribution is -0.119. The summed E-state index contributed by atoms with van der Waals surface area (Å²) in [6.45, 7) is 4.08. The first kappa shape index (κ1) is 12.0. The number of rotatable bonds is 4. The third-order valence-electron chi connectivity index (χ3n) is 2.13. The van der Waals surface area contributed by atoms with Crippen LogP contribution in [0.15, 0.2) is 18.2 Å². The Morgan fingerprint density at radius 1 is 1.47 bits per heavy atom. The molecule has 0 atom stereocenters. The van der Waals surface area contributed by atoms with Gasteiger partial charge in [-0.3, -0.25) is 10.2 Å². The molecule has 0 aliphatic rings. The van der Waals surface area contributed by atoms with Crippen LogP contribution >= 0.6 is 11.6 Å². The number of halogens is 1. The van der Waals surface area contributed by atoms with E-state index in [0.29, 0.717) is 6.54 Å². The van der Waals surface area contributed by atoms with E-state index >= 15 is 0 Å². The molecular weight excluding hydrogens is 212 g/mol. The molecule has 1 amide bonds. The van der Waals surface area contributed by atoms with Crippen molar-refractivity contribution in [1.82, 2.24) is 10.9 Å². The zero-order valence-corrected chi connectivity index (χ0v) is 9.69. The smallest absolute Gasteiger partial charge is 0.230 e. The highest BCUT2D eigenvalue weighted by Gasteiger charge is 2.04. The average Bonchev–Trinajstić information content (AvgIpc) is 2.20. The summed E-state index contributed by atoms with van der Waals surface area (Å²) >= 11 is 6.07. The van der Waals surface area contributed by atoms with Gasteiger partial charge in [0.15, 0.2) is 0 Å². The summed E-state index contributed by atoms with van der Waals surface area (Å²) in [6, 6.07) is 5.82. The van der Waals surface area contributed by atoms with Crippen molar-refractivity contribution >= 4 is 17.5 Å². The first-order valence-corrected chi connectivity index (χ1v) is 5.28. The molecule has 0 bridgehead atoms. The highest BCUT2D eigenvalue weighted by Crippen LogP contribution is 2.20. The monoisotopic (exact) mass is 226 g/mol. The fraction of sp³-hybridized carbons (Fsp3) is 0.364. The van der Waals surface area contributed by atoms with Crippen LogP contribution in [0.3, 0.4) is 0 Å². The van der Waals surface area contributed by atoms with E-state index in [1.807, 2.05) is 18.2 Å². The van der Waals surface area contributed by atoms with Gasteiger partial charge in [-0.1, -0.05) is 30.7 Å². The lowest BCUT2D eigenvalue weighted by Gasteiger charge is -2.11. The van der Waals surface area contributed by atoms with Gasteiger partial charge in [-0.15, -0.1) is 0 Å². The topological polar surface area (TPSA) is 41.1 Å². The Balaban J connectivity index is 2.70. The molecule has 1 aromatic carbocycles. The van der Waals surface area contributed by atoms with Crippen LogP contribution in [0, 0.1) is 0 Å². The van der Waals surface area contributed by atoms with Crippen molar-refractivity contribution in [3.8, 4) is 0 Å². The molecule has 1 rings (SSSR count). The molecule has 1 aromatic rings. The van der Waals surface area contributed by atoms with E-state index in [1.54, 1.807) is 0 Å². The number of hydrogen-bond donors (Lipinski definition) is 2. The van der Waals surface area contributed by atoms with Gasteiger partial charge in [0.25, 0.3) is 0 Å². The number of amides is 1. The van der Waals surface area contributed by atoms with Crippen LogP contribution in [0.25, 0.3) is 0 Å². The molecule has 0 aliphatic heterocycles. The molecule has 0 heterocycles. The number of carbonyl (C=O) groups excluding carboxylic acids is 1. The highest BCUT2D eigenvalue weighted by atomic mass is 35.5. The summed E-state index contributed by atoms with van der Waals surface area (Å²) in [5.74, 6) is -0.111. The third-order valence-corrected chi connectivity index (χ3v) is 2.48. The summed E-state index contributed by atoms with van der Waals surface area (Å²) in [5, 5.41) is 0.729. The van der Waals surface area contributed by atoms with Gasteiger partial charge >= 0.3 is 0 Å². The Labute approximate surface area is 94.8 Å². The summed E-state index contributed by atoms with van der Waals surface area (Å²) in [5.41, 5.74) is 7.59. The van der Waals surface area contributed by atoms with Crippen LogP contribution < -0.4 is 10.9 Å². The molecule has 0 unspecified atom stereocenters. The number of aryl methyl sites for hydroxylation is 1. The molecule has 0 spiro atoms. The number of benzene rings is 1. The average molecular weight is 227 g/mol. The van der Waals surface area contributed by atoms with E-state index in [1.165, 1.54) is 12.5 Å². The van der Waals surface area contributed by atoms with E-state index in [-0.39, 0.29) is 5.91 Å². The Bertz CT molecular complexity index is 352. The van der Waals surface area contributed by atoms with Crippen LogP contribution in [0.2, 0.25) is 5.02 Å². The SMILES string of the molecule is CCc1cccc(Cl)c1CNNC(C)=O. The van der Waals surface area contributed by atoms with Crippen molar-refractivity contribution < 1.29 is 4.79 Å². The zero-order valence-electron chi connectivity index (χ0n) is 8.93. The molecule has 15 heavy (non-hydrogen) atoms. The molecule has 0 saturated carbocycles. The molecule has 3 nitrogen and oxygen atoms in total. The lowest BCUT2D eigenvalue weighted by Crippen LogP contribution is -2.35. The van der Waals surface area contributed by atoms with E-state index in [9.17, 15) is 4.79 Å². The third kappa shape index (κ3) is 3.53. The van der Waals surface area contributed by atoms with Gasteiger partial charge in [-0.25, -0.2) is 5.43 Å². The van der Waals surface area contributed by atoms with Gasteiger partial charge in [0.05, 0.1) is 0 Å². The second-order valence-electron chi connectivity index (χ2n) is 3.27. The van der Waals surface area contributed by atoms with Crippen molar-refractivity contribution in [3.63, 3.8) is 0 Å². The number of hydrazine groups is 1. The standard InChI is InChI=1S/C11H15ClN2O/c1-3-9-5-4-6-11(12)10(9)7-13-14-8(2)15/h4-6,13H,3,7H2,1-2H3,(H,14,15). The van der Waals surface area contributed by atoms with Crippen molar-refractivity contribution in [2.45, 2.75) is 26.8 Å². The van der Waals surface area contributed by atoms with Gasteiger partial charge in [-0.05, 0) is 23.6 Å². The van der Waals surface area contributed by atoms with Gasteiger partial charge in [0.2, 0.25) is 5.91 Å². The first-order valence-electron chi connectivity index (χ1n) is 4.90. The quantitative estimate of drug-likeness (QED) is 0.772. The molecule has 0 saturated heterocycles. The predicted octanol–water partition coefficient (Wildman–Crippen LogP) is 2.04. The van der Waals surface area contributed by atoms with Crippen molar-refractivity contribution in [2.24, 2.45) is 0 Å². The normalized spacial score (nSPS) is 10.1. The highest BCUT2D eigenvalue weighted by molar-refractivity contribution is 6.31. The molecular formula is C11H15ClN2O. The second kappa shape index (κ2) is 5.73. The maximum atomic E-state index is 10.7. The number of carbonyl (C=O) groups is 1. The number of hydrogen-bond acceptors (Lipinski definition) is 2. The molecule has 4 heteroatoms. The van der Waals surface area contributed by atoms with E-state index < -0.39 is 0 Å². The second-order valence-corrected chi connectivity index (χ2v) is 3.67. The minimum Gasteiger partial charge on any atom is -0.292 e. The summed E-state index contributed by atoms with van der Waals surface area (Å²) in [7, 11) is 0. The summed E-state index contributed by atoms with van der Waals surface area (Å²) in [6.07, 6.45) is 0.928. The maximum absolute atomic E-state index is 10.7. The zero-order chi connectivity index (χ0) is 11.3. The minimum atomic E-state index is -0.111. The Hall–Kier alpha value is -1.06. The van der Waals surface area contributed by atoms with Gasteiger partial charge in [0, 0.05) is 18.5 Å². The minimum absolute atomic E-state index is 0.111. The lowest BCUT2D eigenvalue weighted by atomic mass is 10.1. The van der Waals surface area contributed by atoms with Crippen LogP contribution in [0.4, 0.5) is 0 Å². The molecule has 0 aromatic heterocycles. The molecule has 0 radical (unpaired) electrons. The largest absolute Gasteiger partial charge is 0.292 e. The van der Waals surface area contributed by atoms with Crippen molar-refractivity contribution in [3.05, 3.63) is 34.3 Å². The first-order chi connectivity index (χ1) is 7.15. The van der Waals surface area contributed by atoms with Crippen LogP contribution in [-0.4, -0.2) is 5.91 Å². The number of nitrogens with one attached hydrogen (secondary N) is 2. The van der Waals surface area contributed by atoms with Gasteiger partial charge in [-0.2, -0.15) is 0 Å². The van der Waals surface area contributed by atoms with Crippen molar-refractivity contribution in [1.29, 1.82) is 0 Å². The summed E-state index contributed by atoms with van der Waals surface area (Å²) in [4.78, 5) is 10.7. The van der Waals surface area contributed by atoms with E-state index in [4.69, 9.17) is 11.6 Å². The molecule has 82 valence electrons. The van der Waals surface area contributed by atoms with Crippen LogP contribution in [-0.2, 0) is 17.8 Å². The van der Waals surface area contributed by atoms with Crippen LogP contribution in [0.1, 0.15) is 25.0 Å². The Kier molecular flexibility index (Phi) is 4.59. The van der Waals surface area contributed by atoms with Crippen molar-refractivity contribution in [2.75, 3.05) is 0 Å². The Morgan fingerprint density at radius 2 is 2.20 bits per heavy atom. The molecule has 2 N–H and O–H groups in total. The predicted molar refractivity (Wildman–Crippen MR) is 61.5 cm³/mol.